The highest BCUT2D eigenvalue weighted by Gasteiger charge is 2.25. The molecule has 15 heavy (non-hydrogen) atoms. The number of carbonyl (C=O) groups excluding carboxylic acids is 1. The molecule has 1 aliphatic rings. The minimum atomic E-state index is -0.572. The second kappa shape index (κ2) is 3.38. The molecule has 1 aromatic heterocycles. The van der Waals surface area contributed by atoms with Crippen molar-refractivity contribution in [3.63, 3.8) is 0 Å². The van der Waals surface area contributed by atoms with Crippen molar-refractivity contribution in [2.75, 3.05) is 0 Å². The summed E-state index contributed by atoms with van der Waals surface area (Å²) in [6.07, 6.45) is 3.06. The van der Waals surface area contributed by atoms with Gasteiger partial charge in [0, 0.05) is 19.3 Å². The van der Waals surface area contributed by atoms with E-state index in [1.54, 1.807) is 0 Å². The van der Waals surface area contributed by atoms with E-state index in [2.05, 4.69) is 10.3 Å². The van der Waals surface area contributed by atoms with E-state index in [9.17, 15) is 14.4 Å². The van der Waals surface area contributed by atoms with Crippen LogP contribution in [-0.2, 0) is 7.05 Å². The predicted molar refractivity (Wildman–Crippen MR) is 52.8 cm³/mol. The summed E-state index contributed by atoms with van der Waals surface area (Å²) in [5.74, 6) is -0.422. The summed E-state index contributed by atoms with van der Waals surface area (Å²) < 4.78 is 0.877. The third-order valence-corrected chi connectivity index (χ3v) is 2.34. The number of nitrogens with zero attached hydrogens (tertiary/aromatic N) is 1. The molecule has 6 heteroatoms. The van der Waals surface area contributed by atoms with E-state index in [0.717, 1.165) is 23.6 Å². The first-order valence-electron chi connectivity index (χ1n) is 4.69. The molecule has 6 nitrogen and oxygen atoms in total. The van der Waals surface area contributed by atoms with Crippen molar-refractivity contribution < 1.29 is 4.79 Å². The zero-order valence-corrected chi connectivity index (χ0v) is 8.24. The number of aromatic nitrogens is 2. The van der Waals surface area contributed by atoms with E-state index in [-0.39, 0.29) is 11.6 Å². The SMILES string of the molecule is Cn1c(=O)[nH]cc(C(=O)NC2CC2)c1=O. The molecule has 80 valence electrons. The summed E-state index contributed by atoms with van der Waals surface area (Å²) in [6.45, 7) is 0. The van der Waals surface area contributed by atoms with Crippen molar-refractivity contribution in [2.24, 2.45) is 7.05 Å². The van der Waals surface area contributed by atoms with Crippen LogP contribution in [0.5, 0.6) is 0 Å². The van der Waals surface area contributed by atoms with Crippen LogP contribution < -0.4 is 16.6 Å². The van der Waals surface area contributed by atoms with Crippen molar-refractivity contribution in [2.45, 2.75) is 18.9 Å². The van der Waals surface area contributed by atoms with E-state index in [1.165, 1.54) is 7.05 Å². The molecular weight excluding hydrogens is 198 g/mol. The van der Waals surface area contributed by atoms with Gasteiger partial charge in [-0.2, -0.15) is 0 Å². The van der Waals surface area contributed by atoms with Crippen molar-refractivity contribution in [1.29, 1.82) is 0 Å². The van der Waals surface area contributed by atoms with Crippen LogP contribution in [0, 0.1) is 0 Å². The van der Waals surface area contributed by atoms with Gasteiger partial charge in [0.1, 0.15) is 5.56 Å². The van der Waals surface area contributed by atoms with Crippen LogP contribution in [0.1, 0.15) is 23.2 Å². The maximum Gasteiger partial charge on any atom is 0.328 e. The number of nitrogens with one attached hydrogen (secondary N) is 2. The lowest BCUT2D eigenvalue weighted by Crippen LogP contribution is -2.39. The molecule has 0 radical (unpaired) electrons. The summed E-state index contributed by atoms with van der Waals surface area (Å²) in [5, 5.41) is 2.68. The average molecular weight is 209 g/mol. The van der Waals surface area contributed by atoms with E-state index >= 15 is 0 Å². The molecule has 1 saturated carbocycles. The first kappa shape index (κ1) is 9.70. The van der Waals surface area contributed by atoms with E-state index < -0.39 is 17.2 Å². The van der Waals surface area contributed by atoms with Gasteiger partial charge >= 0.3 is 5.69 Å². The molecule has 1 amide bonds. The summed E-state index contributed by atoms with van der Waals surface area (Å²) >= 11 is 0. The first-order valence-corrected chi connectivity index (χ1v) is 4.69. The highest BCUT2D eigenvalue weighted by Crippen LogP contribution is 2.18. The summed E-state index contributed by atoms with van der Waals surface area (Å²) in [4.78, 5) is 36.4. The van der Waals surface area contributed by atoms with Crippen LogP contribution in [0.15, 0.2) is 15.8 Å². The van der Waals surface area contributed by atoms with Crippen molar-refractivity contribution in [3.05, 3.63) is 32.6 Å². The summed E-state index contributed by atoms with van der Waals surface area (Å²) in [6, 6.07) is 0.189. The molecule has 1 aliphatic carbocycles. The quantitative estimate of drug-likeness (QED) is 0.653. The van der Waals surface area contributed by atoms with Crippen molar-refractivity contribution in [3.8, 4) is 0 Å². The fraction of sp³-hybridized carbons (Fsp3) is 0.444. The van der Waals surface area contributed by atoms with Crippen molar-refractivity contribution >= 4 is 5.91 Å². The van der Waals surface area contributed by atoms with E-state index in [1.807, 2.05) is 0 Å². The summed E-state index contributed by atoms with van der Waals surface area (Å²) in [5.41, 5.74) is -1.12. The largest absolute Gasteiger partial charge is 0.349 e. The highest BCUT2D eigenvalue weighted by atomic mass is 16.2. The molecule has 0 unspecified atom stereocenters. The topological polar surface area (TPSA) is 84.0 Å². The Kier molecular flexibility index (Phi) is 2.18. The van der Waals surface area contributed by atoms with Gasteiger partial charge in [0.25, 0.3) is 11.5 Å². The van der Waals surface area contributed by atoms with Gasteiger partial charge in [0.05, 0.1) is 0 Å². The highest BCUT2D eigenvalue weighted by molar-refractivity contribution is 5.93. The van der Waals surface area contributed by atoms with Gasteiger partial charge in [0.15, 0.2) is 0 Å². The first-order chi connectivity index (χ1) is 7.09. The third kappa shape index (κ3) is 1.83. The molecule has 1 fully saturated rings. The fourth-order valence-corrected chi connectivity index (χ4v) is 1.22. The fourth-order valence-electron chi connectivity index (χ4n) is 1.22. The predicted octanol–water partition coefficient (Wildman–Crippen LogP) is -1.03. The lowest BCUT2D eigenvalue weighted by Gasteiger charge is -2.03. The number of amides is 1. The zero-order chi connectivity index (χ0) is 11.0. The molecule has 0 bridgehead atoms. The minimum absolute atomic E-state index is 0.0241. The smallest absolute Gasteiger partial charge is 0.328 e. The molecule has 0 atom stereocenters. The second-order valence-corrected chi connectivity index (χ2v) is 3.62. The number of rotatable bonds is 2. The van der Waals surface area contributed by atoms with Crippen LogP contribution in [0.25, 0.3) is 0 Å². The van der Waals surface area contributed by atoms with E-state index in [0.29, 0.717) is 0 Å². The van der Waals surface area contributed by atoms with E-state index in [4.69, 9.17) is 0 Å². The Morgan fingerprint density at radius 2 is 2.20 bits per heavy atom. The van der Waals surface area contributed by atoms with Crippen LogP contribution >= 0.6 is 0 Å². The molecule has 0 spiro atoms. The molecule has 0 aliphatic heterocycles. The van der Waals surface area contributed by atoms with Gasteiger partial charge in [-0.1, -0.05) is 0 Å². The van der Waals surface area contributed by atoms with Crippen molar-refractivity contribution in [1.82, 2.24) is 14.9 Å². The Hall–Kier alpha value is -1.85. The molecule has 1 heterocycles. The molecule has 2 rings (SSSR count). The molecule has 1 aromatic rings. The average Bonchev–Trinajstić information content (AvgIpc) is 2.98. The molecular formula is C9H11N3O3. The van der Waals surface area contributed by atoms with Gasteiger partial charge in [-0.3, -0.25) is 14.2 Å². The maximum atomic E-state index is 11.5. The minimum Gasteiger partial charge on any atom is -0.349 e. The molecule has 0 saturated heterocycles. The van der Waals surface area contributed by atoms with Gasteiger partial charge in [-0.25, -0.2) is 4.79 Å². The zero-order valence-electron chi connectivity index (χ0n) is 8.24. The third-order valence-electron chi connectivity index (χ3n) is 2.34. The number of hydrogen-bond acceptors (Lipinski definition) is 3. The van der Waals surface area contributed by atoms with Crippen LogP contribution in [0.4, 0.5) is 0 Å². The monoisotopic (exact) mass is 209 g/mol. The number of hydrogen-bond donors (Lipinski definition) is 2. The molecule has 2 N–H and O–H groups in total. The van der Waals surface area contributed by atoms with Gasteiger partial charge in [-0.15, -0.1) is 0 Å². The number of carbonyl (C=O) groups is 1. The Morgan fingerprint density at radius 3 is 2.80 bits per heavy atom. The van der Waals surface area contributed by atoms with Crippen LogP contribution in [-0.4, -0.2) is 21.5 Å². The lowest BCUT2D eigenvalue weighted by molar-refractivity contribution is 0.0948. The second-order valence-electron chi connectivity index (χ2n) is 3.62. The van der Waals surface area contributed by atoms with Gasteiger partial charge < -0.3 is 10.3 Å². The molecule has 0 aromatic carbocycles. The van der Waals surface area contributed by atoms with Crippen LogP contribution in [0.2, 0.25) is 0 Å². The van der Waals surface area contributed by atoms with Gasteiger partial charge in [-0.05, 0) is 12.8 Å². The van der Waals surface area contributed by atoms with Crippen LogP contribution in [0.3, 0.4) is 0 Å². The Morgan fingerprint density at radius 1 is 1.53 bits per heavy atom. The Balaban J connectivity index is 2.35. The number of H-pyrrole nitrogens is 1. The summed E-state index contributed by atoms with van der Waals surface area (Å²) in [7, 11) is 1.33. The maximum absolute atomic E-state index is 11.5. The standard InChI is InChI=1S/C9H11N3O3/c1-12-8(14)6(4-10-9(12)15)7(13)11-5-2-3-5/h4-5H,2-3H2,1H3,(H,10,15)(H,11,13). The Labute approximate surface area is 84.9 Å². The normalized spacial score (nSPS) is 15.0. The van der Waals surface area contributed by atoms with Gasteiger partial charge in [0.2, 0.25) is 0 Å². The number of aromatic amines is 1. The lowest BCUT2D eigenvalue weighted by atomic mass is 10.3. The Bertz CT molecular complexity index is 510.